The molecule has 1 aliphatic rings. The van der Waals surface area contributed by atoms with Gasteiger partial charge in [-0.25, -0.2) is 4.79 Å². The van der Waals surface area contributed by atoms with E-state index in [2.05, 4.69) is 15.9 Å². The summed E-state index contributed by atoms with van der Waals surface area (Å²) in [5, 5.41) is 0. The number of hydrogen-bond acceptors (Lipinski definition) is 3. The summed E-state index contributed by atoms with van der Waals surface area (Å²) in [6.07, 6.45) is 4.61. The number of esters is 1. The lowest BCUT2D eigenvalue weighted by atomic mass is 10.3. The minimum Gasteiger partial charge on any atom is -0.450 e. The molecule has 0 unspecified atom stereocenters. The lowest BCUT2D eigenvalue weighted by Gasteiger charge is -1.92. The van der Waals surface area contributed by atoms with Crippen molar-refractivity contribution in [1.29, 1.82) is 0 Å². The van der Waals surface area contributed by atoms with Gasteiger partial charge in [-0.05, 0) is 34.1 Å². The predicted molar refractivity (Wildman–Crippen MR) is 49.6 cm³/mol. The highest BCUT2D eigenvalue weighted by Gasteiger charge is 2.09. The van der Waals surface area contributed by atoms with Gasteiger partial charge in [0.15, 0.2) is 4.67 Å². The highest BCUT2D eigenvalue weighted by atomic mass is 79.9. The molecule has 1 aliphatic heterocycles. The van der Waals surface area contributed by atoms with Crippen molar-refractivity contribution in [3.05, 3.63) is 40.5 Å². The van der Waals surface area contributed by atoms with E-state index in [0.717, 1.165) is 0 Å². The van der Waals surface area contributed by atoms with Crippen LogP contribution in [0.25, 0.3) is 6.08 Å². The molecule has 13 heavy (non-hydrogen) atoms. The first-order valence-electron chi connectivity index (χ1n) is 3.61. The summed E-state index contributed by atoms with van der Waals surface area (Å²) in [5.74, 6) is 0.782. The number of cyclic esters (lactones) is 1. The van der Waals surface area contributed by atoms with Gasteiger partial charge in [-0.2, -0.15) is 0 Å². The first-order chi connectivity index (χ1) is 6.24. The monoisotopic (exact) mass is 240 g/mol. The number of carbonyl (C=O) groups is 1. The largest absolute Gasteiger partial charge is 0.450 e. The minimum absolute atomic E-state index is 0.350. The molecule has 0 bridgehead atoms. The lowest BCUT2D eigenvalue weighted by Crippen LogP contribution is -1.89. The standard InChI is InChI=1S/C9H5BrO3/c10-8-3-1-6(12-8)5-7-2-4-9(11)13-7/h1-5H/b7-5-. The van der Waals surface area contributed by atoms with Crippen molar-refractivity contribution in [1.82, 2.24) is 0 Å². The Morgan fingerprint density at radius 2 is 2.15 bits per heavy atom. The zero-order valence-corrected chi connectivity index (χ0v) is 8.08. The number of allylic oxidation sites excluding steroid dienone is 1. The van der Waals surface area contributed by atoms with Gasteiger partial charge < -0.3 is 9.15 Å². The fourth-order valence-corrected chi connectivity index (χ4v) is 1.28. The summed E-state index contributed by atoms with van der Waals surface area (Å²) < 4.78 is 10.7. The number of carbonyl (C=O) groups excluding carboxylic acids is 1. The van der Waals surface area contributed by atoms with Gasteiger partial charge in [0, 0.05) is 12.2 Å². The van der Waals surface area contributed by atoms with Crippen molar-refractivity contribution in [2.24, 2.45) is 0 Å². The number of rotatable bonds is 1. The Bertz CT molecular complexity index is 401. The molecule has 0 atom stereocenters. The minimum atomic E-state index is -0.350. The van der Waals surface area contributed by atoms with E-state index in [4.69, 9.17) is 9.15 Å². The molecule has 0 saturated heterocycles. The van der Waals surface area contributed by atoms with Gasteiger partial charge >= 0.3 is 5.97 Å². The maximum atomic E-state index is 10.7. The quantitative estimate of drug-likeness (QED) is 0.709. The third-order valence-electron chi connectivity index (χ3n) is 1.48. The van der Waals surface area contributed by atoms with E-state index < -0.39 is 0 Å². The Morgan fingerprint density at radius 3 is 2.69 bits per heavy atom. The van der Waals surface area contributed by atoms with Crippen LogP contribution in [0.4, 0.5) is 0 Å². The summed E-state index contributed by atoms with van der Waals surface area (Å²) in [4.78, 5) is 10.7. The number of halogens is 1. The Balaban J connectivity index is 2.22. The molecule has 0 radical (unpaired) electrons. The Morgan fingerprint density at radius 1 is 1.31 bits per heavy atom. The van der Waals surface area contributed by atoms with Crippen LogP contribution in [0.3, 0.4) is 0 Å². The van der Waals surface area contributed by atoms with Crippen molar-refractivity contribution < 1.29 is 13.9 Å². The van der Waals surface area contributed by atoms with E-state index in [1.54, 1.807) is 24.3 Å². The Kier molecular flexibility index (Phi) is 2.06. The molecular formula is C9H5BrO3. The van der Waals surface area contributed by atoms with Crippen molar-refractivity contribution in [2.45, 2.75) is 0 Å². The van der Waals surface area contributed by atoms with Crippen LogP contribution < -0.4 is 0 Å². The van der Waals surface area contributed by atoms with Crippen LogP contribution in [0.1, 0.15) is 5.76 Å². The summed E-state index contributed by atoms with van der Waals surface area (Å²) in [6.45, 7) is 0. The molecule has 0 N–H and O–H groups in total. The second-order valence-corrected chi connectivity index (χ2v) is 3.22. The molecule has 0 fully saturated rings. The van der Waals surface area contributed by atoms with Crippen LogP contribution in [0.5, 0.6) is 0 Å². The fraction of sp³-hybridized carbons (Fsp3) is 0. The Labute approximate surface area is 82.8 Å². The molecule has 66 valence electrons. The van der Waals surface area contributed by atoms with Crippen molar-refractivity contribution in [3.63, 3.8) is 0 Å². The van der Waals surface area contributed by atoms with Gasteiger partial charge in [-0.3, -0.25) is 0 Å². The summed E-state index contributed by atoms with van der Waals surface area (Å²) >= 11 is 3.17. The molecule has 1 aromatic rings. The number of hydrogen-bond donors (Lipinski definition) is 0. The van der Waals surface area contributed by atoms with Crippen molar-refractivity contribution in [2.75, 3.05) is 0 Å². The molecule has 1 aromatic heterocycles. The highest BCUT2D eigenvalue weighted by Crippen LogP contribution is 2.19. The molecule has 2 heterocycles. The molecular weight excluding hydrogens is 236 g/mol. The van der Waals surface area contributed by atoms with Gasteiger partial charge in [-0.15, -0.1) is 0 Å². The maximum absolute atomic E-state index is 10.7. The van der Waals surface area contributed by atoms with Crippen LogP contribution in [-0.4, -0.2) is 5.97 Å². The van der Waals surface area contributed by atoms with E-state index in [0.29, 0.717) is 16.2 Å². The summed E-state index contributed by atoms with van der Waals surface area (Å²) in [5.41, 5.74) is 0. The highest BCUT2D eigenvalue weighted by molar-refractivity contribution is 9.10. The molecule has 3 nitrogen and oxygen atoms in total. The lowest BCUT2D eigenvalue weighted by molar-refractivity contribution is -0.132. The van der Waals surface area contributed by atoms with Crippen LogP contribution in [0.15, 0.2) is 39.1 Å². The van der Waals surface area contributed by atoms with Crippen LogP contribution in [0.2, 0.25) is 0 Å². The summed E-state index contributed by atoms with van der Waals surface area (Å²) in [7, 11) is 0. The van der Waals surface area contributed by atoms with Gasteiger partial charge in [0.25, 0.3) is 0 Å². The molecule has 4 heteroatoms. The third kappa shape index (κ3) is 1.89. The molecule has 0 spiro atoms. The van der Waals surface area contributed by atoms with Gasteiger partial charge in [0.2, 0.25) is 0 Å². The number of ether oxygens (including phenoxy) is 1. The molecule has 2 rings (SSSR count). The number of furan rings is 1. The maximum Gasteiger partial charge on any atom is 0.336 e. The van der Waals surface area contributed by atoms with Gasteiger partial charge in [-0.1, -0.05) is 0 Å². The molecule has 0 aliphatic carbocycles. The zero-order valence-electron chi connectivity index (χ0n) is 6.49. The van der Waals surface area contributed by atoms with E-state index in [9.17, 15) is 4.79 Å². The topological polar surface area (TPSA) is 39.4 Å². The van der Waals surface area contributed by atoms with Crippen LogP contribution >= 0.6 is 15.9 Å². The van der Waals surface area contributed by atoms with E-state index in [1.165, 1.54) is 6.08 Å². The van der Waals surface area contributed by atoms with Gasteiger partial charge in [0.1, 0.15) is 11.5 Å². The fourth-order valence-electron chi connectivity index (χ4n) is 0.958. The average molecular weight is 241 g/mol. The predicted octanol–water partition coefficient (Wildman–Crippen LogP) is 2.50. The van der Waals surface area contributed by atoms with Gasteiger partial charge in [0.05, 0.1) is 0 Å². The first kappa shape index (κ1) is 8.31. The van der Waals surface area contributed by atoms with Crippen LogP contribution in [-0.2, 0) is 9.53 Å². The second kappa shape index (κ2) is 3.22. The smallest absolute Gasteiger partial charge is 0.336 e. The first-order valence-corrected chi connectivity index (χ1v) is 4.40. The average Bonchev–Trinajstić information content (AvgIpc) is 2.62. The molecule has 0 saturated carbocycles. The normalized spacial score (nSPS) is 18.2. The Hall–Kier alpha value is -1.29. The third-order valence-corrected chi connectivity index (χ3v) is 1.91. The second-order valence-electron chi connectivity index (χ2n) is 2.44. The van der Waals surface area contributed by atoms with E-state index in [1.807, 2.05) is 0 Å². The van der Waals surface area contributed by atoms with E-state index in [-0.39, 0.29) is 5.97 Å². The molecule has 0 amide bonds. The summed E-state index contributed by atoms with van der Waals surface area (Å²) in [6, 6.07) is 3.55. The van der Waals surface area contributed by atoms with E-state index >= 15 is 0 Å². The van der Waals surface area contributed by atoms with Crippen molar-refractivity contribution in [3.8, 4) is 0 Å². The molecule has 0 aromatic carbocycles. The van der Waals surface area contributed by atoms with Crippen molar-refractivity contribution >= 4 is 28.0 Å². The SMILES string of the molecule is O=C1C=C/C(=C/c2ccc(Br)o2)O1. The zero-order chi connectivity index (χ0) is 9.26. The van der Waals surface area contributed by atoms with Crippen LogP contribution in [0, 0.1) is 0 Å².